The predicted octanol–water partition coefficient (Wildman–Crippen LogP) is 4.32. The molecule has 0 aromatic carbocycles. The molecule has 0 N–H and O–H groups in total. The van der Waals surface area contributed by atoms with Crippen molar-refractivity contribution in [1.82, 2.24) is 0 Å². The third kappa shape index (κ3) is 21.2. The number of hydrogen-bond acceptors (Lipinski definition) is 2. The highest BCUT2D eigenvalue weighted by Crippen LogP contribution is 2.11. The Morgan fingerprint density at radius 2 is 1.22 bits per heavy atom. The molecular formula is C20H41NO2. The number of carboxylic acids is 1. The maximum atomic E-state index is 9.49. The van der Waals surface area contributed by atoms with Gasteiger partial charge in [-0.1, -0.05) is 64.9 Å². The first kappa shape index (κ1) is 24.4. The number of carbonyl (C=O) groups is 1. The molecule has 138 valence electrons. The van der Waals surface area contributed by atoms with E-state index in [0.717, 1.165) is 0 Å². The van der Waals surface area contributed by atoms with Crippen molar-refractivity contribution in [3.63, 3.8) is 0 Å². The van der Waals surface area contributed by atoms with Crippen molar-refractivity contribution >= 4 is 5.97 Å². The minimum Gasteiger partial charge on any atom is -0.545 e. The van der Waals surface area contributed by atoms with Crippen molar-refractivity contribution in [2.45, 2.75) is 85.0 Å². The van der Waals surface area contributed by atoms with Gasteiger partial charge < -0.3 is 14.4 Å². The average Bonchev–Trinajstić information content (AvgIpc) is 2.49. The topological polar surface area (TPSA) is 40.1 Å². The second kappa shape index (κ2) is 16.0. The molecule has 0 rings (SSSR count). The second-order valence-corrected chi connectivity index (χ2v) is 7.23. The summed E-state index contributed by atoms with van der Waals surface area (Å²) in [5.41, 5.74) is 0.0648. The highest BCUT2D eigenvalue weighted by molar-refractivity contribution is 5.82. The van der Waals surface area contributed by atoms with Crippen molar-refractivity contribution < 1.29 is 14.4 Å². The SMILES string of the molecule is C=C(C)C(=O)[O-].CCCCCCCCCCCC[N+](C)(C)CC. The van der Waals surface area contributed by atoms with E-state index in [9.17, 15) is 9.90 Å². The normalized spacial score (nSPS) is 10.8. The first-order valence-electron chi connectivity index (χ1n) is 9.45. The van der Waals surface area contributed by atoms with E-state index in [1.807, 2.05) is 0 Å². The van der Waals surface area contributed by atoms with Crippen LogP contribution in [0.2, 0.25) is 0 Å². The van der Waals surface area contributed by atoms with Crippen molar-refractivity contribution in [2.24, 2.45) is 0 Å². The zero-order valence-electron chi connectivity index (χ0n) is 16.5. The van der Waals surface area contributed by atoms with Crippen LogP contribution in [0.5, 0.6) is 0 Å². The Morgan fingerprint density at radius 3 is 1.52 bits per heavy atom. The van der Waals surface area contributed by atoms with Crippen LogP contribution < -0.4 is 5.11 Å². The molecule has 0 saturated heterocycles. The van der Waals surface area contributed by atoms with E-state index < -0.39 is 5.97 Å². The zero-order chi connectivity index (χ0) is 18.1. The van der Waals surface area contributed by atoms with Gasteiger partial charge in [0, 0.05) is 0 Å². The highest BCUT2D eigenvalue weighted by Gasteiger charge is 2.09. The number of unbranched alkanes of at least 4 members (excludes halogenated alkanes) is 9. The molecule has 0 aliphatic heterocycles. The van der Waals surface area contributed by atoms with Gasteiger partial charge in [0.15, 0.2) is 0 Å². The molecule has 0 radical (unpaired) electrons. The molecule has 0 atom stereocenters. The fraction of sp³-hybridized carbons (Fsp3) is 0.850. The number of carbonyl (C=O) groups excluding carboxylic acids is 1. The summed E-state index contributed by atoms with van der Waals surface area (Å²) in [6.45, 7) is 11.7. The molecule has 0 amide bonds. The third-order valence-electron chi connectivity index (χ3n) is 4.32. The van der Waals surface area contributed by atoms with Crippen LogP contribution in [0.3, 0.4) is 0 Å². The molecule has 3 heteroatoms. The van der Waals surface area contributed by atoms with E-state index in [-0.39, 0.29) is 5.57 Å². The summed E-state index contributed by atoms with van der Waals surface area (Å²) in [5, 5.41) is 9.49. The van der Waals surface area contributed by atoms with Gasteiger partial charge in [0.2, 0.25) is 0 Å². The Labute approximate surface area is 145 Å². The van der Waals surface area contributed by atoms with Gasteiger partial charge in [-0.3, -0.25) is 0 Å². The number of carboxylic acid groups (broad SMARTS) is 1. The maximum absolute atomic E-state index is 9.49. The lowest BCUT2D eigenvalue weighted by Crippen LogP contribution is -2.39. The molecule has 23 heavy (non-hydrogen) atoms. The van der Waals surface area contributed by atoms with Crippen molar-refractivity contribution in [1.29, 1.82) is 0 Å². The largest absolute Gasteiger partial charge is 0.545 e. The summed E-state index contributed by atoms with van der Waals surface area (Å²) >= 11 is 0. The summed E-state index contributed by atoms with van der Waals surface area (Å²) in [7, 11) is 4.68. The van der Waals surface area contributed by atoms with E-state index in [1.54, 1.807) is 0 Å². The second-order valence-electron chi connectivity index (χ2n) is 7.23. The molecule has 0 aliphatic carbocycles. The molecule has 0 aromatic heterocycles. The molecule has 0 aliphatic rings. The minimum atomic E-state index is -1.19. The smallest absolute Gasteiger partial charge is 0.0782 e. The molecule has 0 unspecified atom stereocenters. The zero-order valence-corrected chi connectivity index (χ0v) is 16.5. The Bertz CT molecular complexity index is 286. The molecular weight excluding hydrogens is 286 g/mol. The Morgan fingerprint density at radius 1 is 0.870 bits per heavy atom. The first-order valence-corrected chi connectivity index (χ1v) is 9.45. The van der Waals surface area contributed by atoms with Gasteiger partial charge in [0.05, 0.1) is 33.2 Å². The summed E-state index contributed by atoms with van der Waals surface area (Å²) in [5.74, 6) is -1.19. The van der Waals surface area contributed by atoms with E-state index in [1.165, 1.54) is 88.7 Å². The van der Waals surface area contributed by atoms with Gasteiger partial charge in [0.1, 0.15) is 0 Å². The van der Waals surface area contributed by atoms with Crippen LogP contribution in [0.4, 0.5) is 0 Å². The van der Waals surface area contributed by atoms with Gasteiger partial charge in [-0.25, -0.2) is 0 Å². The highest BCUT2D eigenvalue weighted by atomic mass is 16.4. The Balaban J connectivity index is 0. The molecule has 0 fully saturated rings. The summed E-state index contributed by atoms with van der Waals surface area (Å²) in [6, 6.07) is 0. The van der Waals surface area contributed by atoms with E-state index >= 15 is 0 Å². The Hall–Kier alpha value is -0.830. The van der Waals surface area contributed by atoms with Crippen LogP contribution in [0, 0.1) is 0 Å². The number of quaternary nitrogens is 1. The van der Waals surface area contributed by atoms with Gasteiger partial charge in [-0.05, 0) is 32.3 Å². The number of aliphatic carboxylic acids is 1. The lowest BCUT2D eigenvalue weighted by atomic mass is 10.1. The molecule has 0 bridgehead atoms. The van der Waals surface area contributed by atoms with Crippen LogP contribution in [-0.2, 0) is 4.79 Å². The average molecular weight is 328 g/mol. The fourth-order valence-electron chi connectivity index (χ4n) is 2.19. The minimum absolute atomic E-state index is 0.0648. The summed E-state index contributed by atoms with van der Waals surface area (Å²) in [4.78, 5) is 9.49. The lowest BCUT2D eigenvalue weighted by molar-refractivity contribution is -0.888. The molecule has 0 spiro atoms. The van der Waals surface area contributed by atoms with Crippen molar-refractivity contribution in [2.75, 3.05) is 27.2 Å². The van der Waals surface area contributed by atoms with Crippen LogP contribution in [0.25, 0.3) is 0 Å². The van der Waals surface area contributed by atoms with E-state index in [2.05, 4.69) is 34.5 Å². The number of nitrogens with zero attached hydrogens (tertiary/aromatic N) is 1. The quantitative estimate of drug-likeness (QED) is 0.287. The van der Waals surface area contributed by atoms with Crippen molar-refractivity contribution in [3.05, 3.63) is 12.2 Å². The van der Waals surface area contributed by atoms with Gasteiger partial charge in [-0.15, -0.1) is 0 Å². The van der Waals surface area contributed by atoms with Gasteiger partial charge in [0.25, 0.3) is 0 Å². The van der Waals surface area contributed by atoms with E-state index in [4.69, 9.17) is 0 Å². The van der Waals surface area contributed by atoms with Crippen LogP contribution >= 0.6 is 0 Å². The first-order chi connectivity index (χ1) is 10.8. The molecule has 0 saturated carbocycles. The standard InChI is InChI=1S/C16H36N.C4H6O2/c1-5-7-8-9-10-11-12-13-14-15-16-17(3,4)6-2;1-3(2)4(5)6/h5-16H2,1-4H3;1H2,2H3,(H,5,6)/q+1;/p-1. The van der Waals surface area contributed by atoms with Crippen LogP contribution in [-0.4, -0.2) is 37.6 Å². The Kier molecular flexibility index (Phi) is 17.0. The molecule has 0 aromatic rings. The third-order valence-corrected chi connectivity index (χ3v) is 4.32. The lowest BCUT2D eigenvalue weighted by Gasteiger charge is -2.28. The van der Waals surface area contributed by atoms with Crippen LogP contribution in [0.1, 0.15) is 85.0 Å². The van der Waals surface area contributed by atoms with E-state index in [0.29, 0.717) is 0 Å². The van der Waals surface area contributed by atoms with Crippen LogP contribution in [0.15, 0.2) is 12.2 Å². The van der Waals surface area contributed by atoms with Crippen molar-refractivity contribution in [3.8, 4) is 0 Å². The monoisotopic (exact) mass is 327 g/mol. The molecule has 3 nitrogen and oxygen atoms in total. The number of rotatable bonds is 13. The number of hydrogen-bond donors (Lipinski definition) is 0. The fourth-order valence-corrected chi connectivity index (χ4v) is 2.19. The predicted molar refractivity (Wildman–Crippen MR) is 99.2 cm³/mol. The summed E-state index contributed by atoms with van der Waals surface area (Å²) < 4.78 is 1.19. The summed E-state index contributed by atoms with van der Waals surface area (Å²) in [6.07, 6.45) is 14.4. The van der Waals surface area contributed by atoms with Gasteiger partial charge >= 0.3 is 0 Å². The maximum Gasteiger partial charge on any atom is 0.0782 e. The molecule has 0 heterocycles. The van der Waals surface area contributed by atoms with Gasteiger partial charge in [-0.2, -0.15) is 0 Å².